The van der Waals surface area contributed by atoms with Crippen molar-refractivity contribution >= 4 is 29.3 Å². The molecule has 0 fully saturated rings. The highest BCUT2D eigenvalue weighted by atomic mass is 16.4. The van der Waals surface area contributed by atoms with Crippen molar-refractivity contribution in [2.45, 2.75) is 39.2 Å². The average Bonchev–Trinajstić information content (AvgIpc) is 2.59. The van der Waals surface area contributed by atoms with Gasteiger partial charge in [0.05, 0.1) is 0 Å². The first-order chi connectivity index (χ1) is 13.1. The quantitative estimate of drug-likeness (QED) is 0.607. The Hall–Kier alpha value is -3.35. The Morgan fingerprint density at radius 3 is 2.18 bits per heavy atom. The van der Waals surface area contributed by atoms with Gasteiger partial charge in [0.2, 0.25) is 0 Å². The number of urea groups is 1. The van der Waals surface area contributed by atoms with E-state index in [0.29, 0.717) is 23.4 Å². The molecule has 4 N–H and O–H groups in total. The highest BCUT2D eigenvalue weighted by Gasteiger charge is 2.15. The summed E-state index contributed by atoms with van der Waals surface area (Å²) in [5.74, 6) is -1.04. The second-order valence-corrected chi connectivity index (χ2v) is 7.45. The van der Waals surface area contributed by atoms with Crippen molar-refractivity contribution in [3.63, 3.8) is 0 Å². The van der Waals surface area contributed by atoms with Crippen molar-refractivity contribution in [3.8, 4) is 0 Å². The molecule has 2 aromatic carbocycles. The molecule has 0 bridgehead atoms. The van der Waals surface area contributed by atoms with Gasteiger partial charge in [-0.05, 0) is 69.2 Å². The van der Waals surface area contributed by atoms with Crippen LogP contribution in [0.5, 0.6) is 0 Å². The summed E-state index contributed by atoms with van der Waals surface area (Å²) in [6.45, 7) is 5.71. The molecule has 3 amide bonds. The molecule has 0 saturated heterocycles. The van der Waals surface area contributed by atoms with E-state index in [1.807, 2.05) is 26.8 Å². The maximum atomic E-state index is 12.2. The normalized spacial score (nSPS) is 10.8. The smallest absolute Gasteiger partial charge is 0.323 e. The molecule has 0 aliphatic rings. The molecule has 7 nitrogen and oxygen atoms in total. The minimum atomic E-state index is -0.865. The van der Waals surface area contributed by atoms with Gasteiger partial charge in [-0.2, -0.15) is 0 Å². The van der Waals surface area contributed by atoms with Crippen LogP contribution in [0.1, 0.15) is 43.1 Å². The average molecular weight is 383 g/mol. The summed E-state index contributed by atoms with van der Waals surface area (Å²) in [5.41, 5.74) is 2.13. The minimum absolute atomic E-state index is 0.0325. The van der Waals surface area contributed by atoms with Crippen molar-refractivity contribution in [2.75, 3.05) is 10.6 Å². The third-order valence-corrected chi connectivity index (χ3v) is 3.71. The van der Waals surface area contributed by atoms with E-state index >= 15 is 0 Å². The predicted molar refractivity (Wildman–Crippen MR) is 109 cm³/mol. The van der Waals surface area contributed by atoms with Crippen LogP contribution in [-0.4, -0.2) is 28.6 Å². The van der Waals surface area contributed by atoms with Gasteiger partial charge in [-0.1, -0.05) is 12.1 Å². The molecule has 7 heteroatoms. The molecule has 0 aliphatic carbocycles. The van der Waals surface area contributed by atoms with E-state index in [1.165, 1.54) is 0 Å². The number of carboxylic acids is 1. The Bertz CT molecular complexity index is 855. The van der Waals surface area contributed by atoms with Crippen molar-refractivity contribution in [1.29, 1.82) is 0 Å². The Kier molecular flexibility index (Phi) is 6.76. The molecule has 0 spiro atoms. The fourth-order valence-electron chi connectivity index (χ4n) is 2.47. The van der Waals surface area contributed by atoms with Crippen molar-refractivity contribution in [1.82, 2.24) is 5.32 Å². The summed E-state index contributed by atoms with van der Waals surface area (Å²) >= 11 is 0. The summed E-state index contributed by atoms with van der Waals surface area (Å²) in [4.78, 5) is 35.0. The van der Waals surface area contributed by atoms with E-state index in [-0.39, 0.29) is 17.9 Å². The number of carbonyl (C=O) groups excluding carboxylic acids is 2. The first kappa shape index (κ1) is 21.0. The third kappa shape index (κ3) is 7.11. The van der Waals surface area contributed by atoms with E-state index < -0.39 is 12.0 Å². The van der Waals surface area contributed by atoms with E-state index in [0.717, 1.165) is 5.56 Å². The summed E-state index contributed by atoms with van der Waals surface area (Å²) in [6, 6.07) is 13.2. The topological polar surface area (TPSA) is 108 Å². The first-order valence-electron chi connectivity index (χ1n) is 8.94. The minimum Gasteiger partial charge on any atom is -0.481 e. The van der Waals surface area contributed by atoms with E-state index in [2.05, 4.69) is 16.0 Å². The molecule has 0 saturated carbocycles. The number of carbonyl (C=O) groups is 3. The number of anilines is 2. The molecule has 2 rings (SSSR count). The number of benzene rings is 2. The largest absolute Gasteiger partial charge is 0.481 e. The monoisotopic (exact) mass is 383 g/mol. The van der Waals surface area contributed by atoms with E-state index in [1.54, 1.807) is 42.5 Å². The van der Waals surface area contributed by atoms with Crippen LogP contribution in [0.25, 0.3) is 0 Å². The zero-order valence-electron chi connectivity index (χ0n) is 16.2. The number of carboxylic acid groups (broad SMARTS) is 1. The zero-order valence-corrected chi connectivity index (χ0v) is 16.2. The van der Waals surface area contributed by atoms with Gasteiger partial charge in [0.25, 0.3) is 5.91 Å². The molecule has 0 heterocycles. The summed E-state index contributed by atoms with van der Waals surface area (Å²) in [6.07, 6.45) is 0.426. The molecular weight excluding hydrogens is 358 g/mol. The number of hydrogen-bond acceptors (Lipinski definition) is 3. The Labute approximate surface area is 164 Å². The molecule has 28 heavy (non-hydrogen) atoms. The lowest BCUT2D eigenvalue weighted by atomic mass is 10.1. The number of hydrogen-bond donors (Lipinski definition) is 4. The number of nitrogens with one attached hydrogen (secondary N) is 3. The summed E-state index contributed by atoms with van der Waals surface area (Å²) in [7, 11) is 0. The molecule has 0 radical (unpaired) electrons. The van der Waals surface area contributed by atoms with Crippen LogP contribution in [-0.2, 0) is 11.2 Å². The predicted octanol–water partition coefficient (Wildman–Crippen LogP) is 3.88. The Morgan fingerprint density at radius 1 is 0.929 bits per heavy atom. The maximum absolute atomic E-state index is 12.2. The highest BCUT2D eigenvalue weighted by molar-refractivity contribution is 6.00. The van der Waals surface area contributed by atoms with Crippen molar-refractivity contribution < 1.29 is 19.5 Å². The summed E-state index contributed by atoms with van der Waals surface area (Å²) < 4.78 is 0. The Balaban J connectivity index is 1.93. The van der Waals surface area contributed by atoms with Gasteiger partial charge in [-0.15, -0.1) is 0 Å². The van der Waals surface area contributed by atoms with E-state index in [4.69, 9.17) is 5.11 Å². The second-order valence-electron chi connectivity index (χ2n) is 7.45. The van der Waals surface area contributed by atoms with Crippen molar-refractivity contribution in [3.05, 3.63) is 59.7 Å². The second kappa shape index (κ2) is 9.03. The van der Waals surface area contributed by atoms with Gasteiger partial charge in [-0.3, -0.25) is 9.59 Å². The standard InChI is InChI=1S/C21H25N3O4/c1-21(2,3)24-19(27)15-8-10-16(11-9-15)22-20(28)23-17-6-4-5-14(13-17)7-12-18(25)26/h4-6,8-11,13H,7,12H2,1-3H3,(H,24,27)(H,25,26)(H2,22,23,28). The highest BCUT2D eigenvalue weighted by Crippen LogP contribution is 2.14. The fraction of sp³-hybridized carbons (Fsp3) is 0.286. The van der Waals surface area contributed by atoms with Crippen LogP contribution in [0.15, 0.2) is 48.5 Å². The zero-order chi connectivity index (χ0) is 20.7. The number of rotatable bonds is 6. The summed E-state index contributed by atoms with van der Waals surface area (Å²) in [5, 5.41) is 17.0. The third-order valence-electron chi connectivity index (χ3n) is 3.71. The SMILES string of the molecule is CC(C)(C)NC(=O)c1ccc(NC(=O)Nc2cccc(CCC(=O)O)c2)cc1. The molecule has 0 unspecified atom stereocenters. The van der Waals surface area contributed by atoms with Gasteiger partial charge in [0, 0.05) is 28.9 Å². The van der Waals surface area contributed by atoms with Crippen LogP contribution in [0.4, 0.5) is 16.2 Å². The molecule has 0 aromatic heterocycles. The van der Waals surface area contributed by atoms with Crippen molar-refractivity contribution in [2.24, 2.45) is 0 Å². The molecule has 0 atom stereocenters. The molecule has 0 aliphatic heterocycles. The molecule has 148 valence electrons. The Morgan fingerprint density at radius 2 is 1.57 bits per heavy atom. The lowest BCUT2D eigenvalue weighted by molar-refractivity contribution is -0.136. The van der Waals surface area contributed by atoms with Crippen LogP contribution in [0.2, 0.25) is 0 Å². The van der Waals surface area contributed by atoms with Crippen LogP contribution in [0, 0.1) is 0 Å². The van der Waals surface area contributed by atoms with Gasteiger partial charge in [0.15, 0.2) is 0 Å². The van der Waals surface area contributed by atoms with Gasteiger partial charge >= 0.3 is 12.0 Å². The van der Waals surface area contributed by atoms with Crippen LogP contribution < -0.4 is 16.0 Å². The number of aliphatic carboxylic acids is 1. The number of amides is 3. The fourth-order valence-corrected chi connectivity index (χ4v) is 2.47. The lowest BCUT2D eigenvalue weighted by Crippen LogP contribution is -2.40. The van der Waals surface area contributed by atoms with Crippen LogP contribution in [0.3, 0.4) is 0 Å². The van der Waals surface area contributed by atoms with Crippen LogP contribution >= 0.6 is 0 Å². The van der Waals surface area contributed by atoms with E-state index in [9.17, 15) is 14.4 Å². The van der Waals surface area contributed by atoms with Gasteiger partial charge < -0.3 is 21.1 Å². The lowest BCUT2D eigenvalue weighted by Gasteiger charge is -2.20. The maximum Gasteiger partial charge on any atom is 0.323 e. The molecular formula is C21H25N3O4. The van der Waals surface area contributed by atoms with Gasteiger partial charge in [0.1, 0.15) is 0 Å². The molecule has 2 aromatic rings. The van der Waals surface area contributed by atoms with Gasteiger partial charge in [-0.25, -0.2) is 4.79 Å². The number of aryl methyl sites for hydroxylation is 1. The first-order valence-corrected chi connectivity index (χ1v) is 8.94.